The first-order valence-corrected chi connectivity index (χ1v) is 6.84. The zero-order valence-corrected chi connectivity index (χ0v) is 11.5. The molecule has 6 heteroatoms. The summed E-state index contributed by atoms with van der Waals surface area (Å²) in [6.07, 6.45) is 1.61. The van der Waals surface area contributed by atoms with Crippen molar-refractivity contribution in [3.8, 4) is 0 Å². The number of nitrogens with zero attached hydrogens (tertiary/aromatic N) is 2. The molecule has 6 nitrogen and oxygen atoms in total. The van der Waals surface area contributed by atoms with Crippen LogP contribution in [-0.4, -0.2) is 65.8 Å². The number of methoxy groups -OCH3 is 1. The van der Waals surface area contributed by atoms with E-state index in [-0.39, 0.29) is 19.0 Å². The van der Waals surface area contributed by atoms with Crippen molar-refractivity contribution in [3.63, 3.8) is 0 Å². The van der Waals surface area contributed by atoms with Gasteiger partial charge in [0.25, 0.3) is 0 Å². The largest absolute Gasteiger partial charge is 0.467 e. The summed E-state index contributed by atoms with van der Waals surface area (Å²) in [4.78, 5) is 27.3. The number of amides is 2. The highest BCUT2D eigenvalue weighted by atomic mass is 16.5. The van der Waals surface area contributed by atoms with Crippen LogP contribution in [0.4, 0.5) is 4.79 Å². The average molecular weight is 270 g/mol. The number of likely N-dealkylation sites (tertiary alicyclic amines) is 2. The Hall–Kier alpha value is -1.30. The van der Waals surface area contributed by atoms with E-state index >= 15 is 0 Å². The van der Waals surface area contributed by atoms with Crippen LogP contribution in [0.3, 0.4) is 0 Å². The van der Waals surface area contributed by atoms with Crippen molar-refractivity contribution in [2.45, 2.75) is 38.3 Å². The molecule has 0 saturated carbocycles. The van der Waals surface area contributed by atoms with E-state index in [4.69, 9.17) is 4.74 Å². The van der Waals surface area contributed by atoms with Crippen LogP contribution in [0, 0.1) is 5.92 Å². The lowest BCUT2D eigenvalue weighted by Crippen LogP contribution is -2.50. The van der Waals surface area contributed by atoms with Crippen LogP contribution in [0.15, 0.2) is 0 Å². The van der Waals surface area contributed by atoms with Gasteiger partial charge in [0.2, 0.25) is 0 Å². The van der Waals surface area contributed by atoms with Gasteiger partial charge < -0.3 is 19.6 Å². The molecule has 2 amide bonds. The first-order chi connectivity index (χ1) is 9.02. The quantitative estimate of drug-likeness (QED) is 0.702. The molecule has 2 aliphatic rings. The smallest absolute Gasteiger partial charge is 0.328 e. The molecular weight excluding hydrogens is 248 g/mol. The zero-order valence-electron chi connectivity index (χ0n) is 11.5. The highest BCUT2D eigenvalue weighted by Crippen LogP contribution is 2.23. The average Bonchev–Trinajstić information content (AvgIpc) is 2.80. The van der Waals surface area contributed by atoms with Gasteiger partial charge in [-0.15, -0.1) is 0 Å². The Kier molecular flexibility index (Phi) is 4.29. The molecule has 0 radical (unpaired) electrons. The minimum Gasteiger partial charge on any atom is -0.467 e. The number of esters is 1. The van der Waals surface area contributed by atoms with Crippen molar-refractivity contribution in [1.82, 2.24) is 9.80 Å². The van der Waals surface area contributed by atoms with Gasteiger partial charge in [-0.2, -0.15) is 0 Å². The number of aliphatic hydroxyl groups excluding tert-OH is 1. The number of hydrogen-bond donors (Lipinski definition) is 1. The lowest BCUT2D eigenvalue weighted by Gasteiger charge is -2.34. The van der Waals surface area contributed by atoms with Crippen molar-refractivity contribution < 1.29 is 19.4 Å². The molecule has 2 fully saturated rings. The maximum absolute atomic E-state index is 12.4. The van der Waals surface area contributed by atoms with E-state index < -0.39 is 18.1 Å². The third-order valence-corrected chi connectivity index (χ3v) is 4.05. The normalized spacial score (nSPS) is 28.6. The van der Waals surface area contributed by atoms with Gasteiger partial charge in [-0.3, -0.25) is 0 Å². The Morgan fingerprint density at radius 1 is 1.26 bits per heavy atom. The predicted molar refractivity (Wildman–Crippen MR) is 68.5 cm³/mol. The van der Waals surface area contributed by atoms with Gasteiger partial charge in [0.05, 0.1) is 13.2 Å². The summed E-state index contributed by atoms with van der Waals surface area (Å²) in [5.74, 6) is 0.194. The topological polar surface area (TPSA) is 70.1 Å². The molecule has 0 aliphatic carbocycles. The molecule has 2 atom stereocenters. The molecular formula is C13H22N2O4. The van der Waals surface area contributed by atoms with E-state index in [1.165, 1.54) is 12.0 Å². The van der Waals surface area contributed by atoms with Crippen molar-refractivity contribution in [2.75, 3.05) is 26.7 Å². The number of carbonyl (C=O) groups is 2. The van der Waals surface area contributed by atoms with Crippen molar-refractivity contribution in [3.05, 3.63) is 0 Å². The number of aliphatic hydroxyl groups is 1. The Morgan fingerprint density at radius 2 is 1.89 bits per heavy atom. The fraction of sp³-hybridized carbons (Fsp3) is 0.846. The second-order valence-corrected chi connectivity index (χ2v) is 5.53. The van der Waals surface area contributed by atoms with E-state index in [0.717, 1.165) is 25.9 Å². The van der Waals surface area contributed by atoms with Crippen molar-refractivity contribution in [1.29, 1.82) is 0 Å². The summed E-state index contributed by atoms with van der Waals surface area (Å²) < 4.78 is 4.70. The van der Waals surface area contributed by atoms with Crippen LogP contribution in [0.25, 0.3) is 0 Å². The lowest BCUT2D eigenvalue weighted by molar-refractivity contribution is -0.145. The molecule has 108 valence electrons. The summed E-state index contributed by atoms with van der Waals surface area (Å²) in [6.45, 7) is 3.84. The number of ether oxygens (including phenoxy) is 1. The van der Waals surface area contributed by atoms with Gasteiger partial charge in [-0.05, 0) is 18.8 Å². The Morgan fingerprint density at radius 3 is 2.47 bits per heavy atom. The monoisotopic (exact) mass is 270 g/mol. The zero-order chi connectivity index (χ0) is 14.0. The third-order valence-electron chi connectivity index (χ3n) is 4.05. The molecule has 1 N–H and O–H groups in total. The van der Waals surface area contributed by atoms with E-state index in [9.17, 15) is 14.7 Å². The maximum Gasteiger partial charge on any atom is 0.328 e. The van der Waals surface area contributed by atoms with Gasteiger partial charge in [0.15, 0.2) is 0 Å². The van der Waals surface area contributed by atoms with Crippen molar-refractivity contribution in [2.24, 2.45) is 5.92 Å². The molecule has 2 saturated heterocycles. The van der Waals surface area contributed by atoms with E-state index in [1.54, 1.807) is 4.90 Å². The number of carbonyl (C=O) groups excluding carboxylic acids is 2. The van der Waals surface area contributed by atoms with Crippen LogP contribution < -0.4 is 0 Å². The Balaban J connectivity index is 2.02. The second-order valence-electron chi connectivity index (χ2n) is 5.53. The molecule has 0 aromatic carbocycles. The second kappa shape index (κ2) is 5.77. The van der Waals surface area contributed by atoms with Crippen LogP contribution >= 0.6 is 0 Å². The minimum atomic E-state index is -0.646. The first-order valence-electron chi connectivity index (χ1n) is 6.84. The fourth-order valence-electron chi connectivity index (χ4n) is 2.77. The fourth-order valence-corrected chi connectivity index (χ4v) is 2.77. The van der Waals surface area contributed by atoms with E-state index in [2.05, 4.69) is 6.92 Å². The van der Waals surface area contributed by atoms with Gasteiger partial charge in [-0.25, -0.2) is 9.59 Å². The van der Waals surface area contributed by atoms with Crippen LogP contribution in [-0.2, 0) is 9.53 Å². The first kappa shape index (κ1) is 14.1. The maximum atomic E-state index is 12.4. The minimum absolute atomic E-state index is 0.154. The Labute approximate surface area is 113 Å². The standard InChI is InChI=1S/C13H22N2O4/c1-9-3-5-14(6-4-9)13(18)15-8-10(16)7-11(15)12(17)19-2/h9-11,16H,3-8H2,1-2H3. The predicted octanol–water partition coefficient (Wildman–Crippen LogP) is 0.446. The highest BCUT2D eigenvalue weighted by Gasteiger charge is 2.41. The van der Waals surface area contributed by atoms with Crippen LogP contribution in [0.5, 0.6) is 0 Å². The molecule has 0 bridgehead atoms. The molecule has 2 rings (SSSR count). The molecule has 0 aromatic rings. The Bertz CT molecular complexity index is 353. The summed E-state index contributed by atoms with van der Waals surface area (Å²) in [5, 5.41) is 9.68. The highest BCUT2D eigenvalue weighted by molar-refractivity contribution is 5.84. The third kappa shape index (κ3) is 3.00. The van der Waals surface area contributed by atoms with E-state index in [1.807, 2.05) is 0 Å². The summed E-state index contributed by atoms with van der Waals surface area (Å²) in [7, 11) is 1.30. The number of urea groups is 1. The molecule has 0 aromatic heterocycles. The molecule has 2 aliphatic heterocycles. The summed E-state index contributed by atoms with van der Waals surface area (Å²) in [6, 6.07) is -0.800. The SMILES string of the molecule is COC(=O)C1CC(O)CN1C(=O)N1CCC(C)CC1. The van der Waals surface area contributed by atoms with Crippen molar-refractivity contribution >= 4 is 12.0 Å². The lowest BCUT2D eigenvalue weighted by atomic mass is 9.99. The molecule has 19 heavy (non-hydrogen) atoms. The van der Waals surface area contributed by atoms with Gasteiger partial charge >= 0.3 is 12.0 Å². The van der Waals surface area contributed by atoms with Gasteiger partial charge in [0.1, 0.15) is 6.04 Å². The number of β-amino-alcohol motifs (C(OH)–C–C–N with tert-alkyl or cyclic N) is 1. The number of rotatable bonds is 1. The number of piperidine rings is 1. The number of hydrogen-bond acceptors (Lipinski definition) is 4. The van der Waals surface area contributed by atoms with Gasteiger partial charge in [0, 0.05) is 26.1 Å². The van der Waals surface area contributed by atoms with Crippen LogP contribution in [0.2, 0.25) is 0 Å². The van der Waals surface area contributed by atoms with Gasteiger partial charge in [-0.1, -0.05) is 6.92 Å². The molecule has 2 heterocycles. The summed E-state index contributed by atoms with van der Waals surface area (Å²) in [5.41, 5.74) is 0. The summed E-state index contributed by atoms with van der Waals surface area (Å²) >= 11 is 0. The van der Waals surface area contributed by atoms with E-state index in [0.29, 0.717) is 5.92 Å². The molecule has 0 spiro atoms. The van der Waals surface area contributed by atoms with Crippen LogP contribution in [0.1, 0.15) is 26.2 Å². The molecule has 2 unspecified atom stereocenters.